The summed E-state index contributed by atoms with van der Waals surface area (Å²) in [7, 11) is 0. The maximum absolute atomic E-state index is 11.5. The van der Waals surface area contributed by atoms with E-state index in [1.807, 2.05) is 0 Å². The molecule has 2 bridgehead atoms. The fourth-order valence-electron chi connectivity index (χ4n) is 2.40. The second kappa shape index (κ2) is 3.13. The van der Waals surface area contributed by atoms with Gasteiger partial charge in [0, 0.05) is 13.3 Å². The third-order valence-corrected chi connectivity index (χ3v) is 3.04. The number of fused-ring (bicyclic) bond motifs is 3. The highest BCUT2D eigenvalue weighted by Crippen LogP contribution is 2.43. The van der Waals surface area contributed by atoms with Crippen molar-refractivity contribution >= 4 is 11.8 Å². The number of Topliss-reactive ketones (excluding diaryl/α,β-unsaturated/α-hetero) is 1. The molecule has 0 aliphatic heterocycles. The van der Waals surface area contributed by atoms with E-state index in [-0.39, 0.29) is 11.8 Å². The topological polar surface area (TPSA) is 43.4 Å². The molecular weight excluding hydrogens is 168 g/mol. The SMILES string of the molecule is CC(=O)O[C@@H]1CC2CC(CC1=O)C2. The molecule has 13 heavy (non-hydrogen) atoms. The van der Waals surface area contributed by atoms with Crippen LogP contribution in [-0.4, -0.2) is 17.9 Å². The van der Waals surface area contributed by atoms with Crippen molar-refractivity contribution in [2.24, 2.45) is 11.8 Å². The lowest BCUT2D eigenvalue weighted by Crippen LogP contribution is -2.25. The number of ketones is 1. The van der Waals surface area contributed by atoms with Crippen LogP contribution in [0.1, 0.15) is 32.6 Å². The van der Waals surface area contributed by atoms with Gasteiger partial charge in [0.1, 0.15) is 0 Å². The molecule has 1 atom stereocenters. The van der Waals surface area contributed by atoms with Crippen LogP contribution in [0.5, 0.6) is 0 Å². The van der Waals surface area contributed by atoms with E-state index >= 15 is 0 Å². The van der Waals surface area contributed by atoms with Gasteiger partial charge in [-0.15, -0.1) is 0 Å². The summed E-state index contributed by atoms with van der Waals surface area (Å²) >= 11 is 0. The molecule has 3 fully saturated rings. The zero-order valence-electron chi connectivity index (χ0n) is 7.79. The molecule has 0 N–H and O–H groups in total. The third-order valence-electron chi connectivity index (χ3n) is 3.04. The van der Waals surface area contributed by atoms with Gasteiger partial charge < -0.3 is 4.74 Å². The first kappa shape index (κ1) is 8.73. The van der Waals surface area contributed by atoms with Gasteiger partial charge in [-0.3, -0.25) is 9.59 Å². The first-order valence-corrected chi connectivity index (χ1v) is 4.85. The average molecular weight is 182 g/mol. The molecule has 0 amide bonds. The standard InChI is InChI=1S/C10H14O3/c1-6(11)13-10-5-8-2-7(3-8)4-9(10)12/h7-8,10H,2-5H2,1H3/t7?,8?,10-/m1/s1. The minimum Gasteiger partial charge on any atom is -0.455 e. The predicted molar refractivity (Wildman–Crippen MR) is 46.0 cm³/mol. The summed E-state index contributed by atoms with van der Waals surface area (Å²) in [6.07, 6.45) is 3.26. The highest BCUT2D eigenvalue weighted by atomic mass is 16.5. The zero-order chi connectivity index (χ0) is 9.42. The van der Waals surface area contributed by atoms with Crippen molar-refractivity contribution in [1.29, 1.82) is 0 Å². The lowest BCUT2D eigenvalue weighted by molar-refractivity contribution is -0.153. The Labute approximate surface area is 77.4 Å². The largest absolute Gasteiger partial charge is 0.455 e. The molecule has 0 spiro atoms. The van der Waals surface area contributed by atoms with Crippen LogP contribution in [0.2, 0.25) is 0 Å². The molecule has 0 aromatic carbocycles. The van der Waals surface area contributed by atoms with Crippen LogP contribution in [0.3, 0.4) is 0 Å². The second-order valence-corrected chi connectivity index (χ2v) is 4.21. The number of carbonyl (C=O) groups excluding carboxylic acids is 2. The normalized spacial score (nSPS) is 37.6. The quantitative estimate of drug-likeness (QED) is 0.574. The van der Waals surface area contributed by atoms with Crippen molar-refractivity contribution in [3.05, 3.63) is 0 Å². The minimum absolute atomic E-state index is 0.125. The summed E-state index contributed by atoms with van der Waals surface area (Å²) in [5.74, 6) is 0.997. The van der Waals surface area contributed by atoms with E-state index in [1.165, 1.54) is 6.92 Å². The van der Waals surface area contributed by atoms with Gasteiger partial charge in [-0.25, -0.2) is 0 Å². The van der Waals surface area contributed by atoms with E-state index in [1.54, 1.807) is 0 Å². The molecule has 0 saturated heterocycles. The summed E-state index contributed by atoms with van der Waals surface area (Å²) in [6, 6.07) is 0. The maximum atomic E-state index is 11.5. The molecule has 0 heterocycles. The van der Waals surface area contributed by atoms with Crippen molar-refractivity contribution in [1.82, 2.24) is 0 Å². The summed E-state index contributed by atoms with van der Waals surface area (Å²) in [5.41, 5.74) is 0. The molecule has 3 heteroatoms. The number of hydrogen-bond donors (Lipinski definition) is 0. The van der Waals surface area contributed by atoms with Gasteiger partial charge in [0.2, 0.25) is 0 Å². The van der Waals surface area contributed by atoms with Gasteiger partial charge in [-0.2, -0.15) is 0 Å². The molecule has 3 rings (SSSR count). The van der Waals surface area contributed by atoms with Crippen LogP contribution in [0.15, 0.2) is 0 Å². The fraction of sp³-hybridized carbons (Fsp3) is 0.800. The molecule has 0 aromatic rings. The van der Waals surface area contributed by atoms with Gasteiger partial charge in [0.15, 0.2) is 11.9 Å². The van der Waals surface area contributed by atoms with Crippen LogP contribution in [0.25, 0.3) is 0 Å². The summed E-state index contributed by atoms with van der Waals surface area (Å²) in [4.78, 5) is 22.2. The second-order valence-electron chi connectivity index (χ2n) is 4.21. The number of hydrogen-bond acceptors (Lipinski definition) is 3. The van der Waals surface area contributed by atoms with Gasteiger partial charge >= 0.3 is 5.97 Å². The summed E-state index contributed by atoms with van der Waals surface area (Å²) in [6.45, 7) is 1.36. The van der Waals surface area contributed by atoms with Crippen LogP contribution in [-0.2, 0) is 14.3 Å². The Bertz CT molecular complexity index is 241. The van der Waals surface area contributed by atoms with Gasteiger partial charge in [0.25, 0.3) is 0 Å². The maximum Gasteiger partial charge on any atom is 0.303 e. The van der Waals surface area contributed by atoms with Crippen LogP contribution < -0.4 is 0 Å². The fourth-order valence-corrected chi connectivity index (χ4v) is 2.40. The van der Waals surface area contributed by atoms with Crippen molar-refractivity contribution in [3.8, 4) is 0 Å². The number of ether oxygens (including phenoxy) is 1. The van der Waals surface area contributed by atoms with Crippen molar-refractivity contribution < 1.29 is 14.3 Å². The Morgan fingerprint density at radius 1 is 1.31 bits per heavy atom. The Balaban J connectivity index is 2.00. The van der Waals surface area contributed by atoms with Gasteiger partial charge in [-0.05, 0) is 31.1 Å². The molecule has 0 unspecified atom stereocenters. The van der Waals surface area contributed by atoms with Crippen molar-refractivity contribution in [2.45, 2.75) is 38.7 Å². The lowest BCUT2D eigenvalue weighted by atomic mass is 9.74. The highest BCUT2D eigenvalue weighted by Gasteiger charge is 2.40. The zero-order valence-corrected chi connectivity index (χ0v) is 7.79. The number of rotatable bonds is 1. The number of esters is 1. The molecule has 72 valence electrons. The summed E-state index contributed by atoms with van der Waals surface area (Å²) in [5, 5.41) is 0. The van der Waals surface area contributed by atoms with E-state index in [2.05, 4.69) is 0 Å². The molecule has 3 aliphatic carbocycles. The third kappa shape index (κ3) is 1.74. The average Bonchev–Trinajstić information content (AvgIpc) is 2.16. The first-order chi connectivity index (χ1) is 6.15. The van der Waals surface area contributed by atoms with E-state index in [0.717, 1.165) is 19.3 Å². The predicted octanol–water partition coefficient (Wildman–Crippen LogP) is 1.31. The Hall–Kier alpha value is -0.860. The molecule has 3 aliphatic rings. The molecule has 0 aromatic heterocycles. The monoisotopic (exact) mass is 182 g/mol. The van der Waals surface area contributed by atoms with Crippen molar-refractivity contribution in [3.63, 3.8) is 0 Å². The smallest absolute Gasteiger partial charge is 0.303 e. The van der Waals surface area contributed by atoms with E-state index in [4.69, 9.17) is 4.74 Å². The molecule has 0 radical (unpaired) electrons. The Morgan fingerprint density at radius 3 is 2.62 bits per heavy atom. The highest BCUT2D eigenvalue weighted by molar-refractivity contribution is 5.86. The van der Waals surface area contributed by atoms with E-state index < -0.39 is 6.10 Å². The van der Waals surface area contributed by atoms with Crippen LogP contribution >= 0.6 is 0 Å². The summed E-state index contributed by atoms with van der Waals surface area (Å²) < 4.78 is 4.99. The van der Waals surface area contributed by atoms with Gasteiger partial charge in [0.05, 0.1) is 0 Å². The lowest BCUT2D eigenvalue weighted by Gasteiger charge is -2.31. The minimum atomic E-state index is -0.435. The van der Waals surface area contributed by atoms with Gasteiger partial charge in [-0.1, -0.05) is 0 Å². The van der Waals surface area contributed by atoms with Crippen LogP contribution in [0, 0.1) is 11.8 Å². The molecule has 3 nitrogen and oxygen atoms in total. The molecular formula is C10H14O3. The van der Waals surface area contributed by atoms with E-state index in [9.17, 15) is 9.59 Å². The van der Waals surface area contributed by atoms with Crippen LogP contribution in [0.4, 0.5) is 0 Å². The molecule has 3 saturated carbocycles. The first-order valence-electron chi connectivity index (χ1n) is 4.85. The van der Waals surface area contributed by atoms with Crippen molar-refractivity contribution in [2.75, 3.05) is 0 Å². The Morgan fingerprint density at radius 2 is 2.00 bits per heavy atom. The van der Waals surface area contributed by atoms with E-state index in [0.29, 0.717) is 18.3 Å². The number of carbonyl (C=O) groups is 2. The Kier molecular flexibility index (Phi) is 2.10.